The highest BCUT2D eigenvalue weighted by atomic mass is 16.5. The van der Waals surface area contributed by atoms with Gasteiger partial charge >= 0.3 is 5.97 Å². The van der Waals surface area contributed by atoms with E-state index in [4.69, 9.17) is 4.74 Å². The molecule has 0 spiro atoms. The van der Waals surface area contributed by atoms with Crippen LogP contribution in [0.4, 0.5) is 0 Å². The monoisotopic (exact) mass is 208 g/mol. The summed E-state index contributed by atoms with van der Waals surface area (Å²) in [7, 11) is 0. The number of carbonyl (C=O) groups is 2. The lowest BCUT2D eigenvalue weighted by atomic mass is 9.86. The van der Waals surface area contributed by atoms with Crippen LogP contribution in [-0.2, 0) is 14.3 Å². The summed E-state index contributed by atoms with van der Waals surface area (Å²) >= 11 is 0. The highest BCUT2D eigenvalue weighted by Gasteiger charge is 2.15. The SMILES string of the molecule is CC(C)(CC=O)C/C=C/C1=CC(=O)OC1. The van der Waals surface area contributed by atoms with Crippen LogP contribution < -0.4 is 0 Å². The van der Waals surface area contributed by atoms with E-state index in [1.807, 2.05) is 26.0 Å². The van der Waals surface area contributed by atoms with Crippen molar-refractivity contribution in [2.24, 2.45) is 5.41 Å². The summed E-state index contributed by atoms with van der Waals surface area (Å²) in [6.07, 6.45) is 7.66. The van der Waals surface area contributed by atoms with Crippen LogP contribution in [0.1, 0.15) is 26.7 Å². The number of rotatable bonds is 5. The first kappa shape index (κ1) is 11.7. The van der Waals surface area contributed by atoms with E-state index in [-0.39, 0.29) is 11.4 Å². The lowest BCUT2D eigenvalue weighted by Gasteiger charge is -2.18. The van der Waals surface area contributed by atoms with Gasteiger partial charge in [0.05, 0.1) is 0 Å². The number of carbonyl (C=O) groups excluding carboxylic acids is 2. The first-order chi connectivity index (χ1) is 7.03. The van der Waals surface area contributed by atoms with Gasteiger partial charge in [0.2, 0.25) is 0 Å². The van der Waals surface area contributed by atoms with Crippen LogP contribution in [0.15, 0.2) is 23.8 Å². The quantitative estimate of drug-likeness (QED) is 0.513. The topological polar surface area (TPSA) is 43.4 Å². The molecule has 0 aliphatic carbocycles. The average Bonchev–Trinajstić information content (AvgIpc) is 2.51. The number of allylic oxidation sites excluding steroid dienone is 1. The molecule has 0 saturated carbocycles. The molecule has 0 aromatic heterocycles. The average molecular weight is 208 g/mol. The Morgan fingerprint density at radius 2 is 2.20 bits per heavy atom. The van der Waals surface area contributed by atoms with Crippen molar-refractivity contribution in [3.63, 3.8) is 0 Å². The van der Waals surface area contributed by atoms with Crippen LogP contribution in [0.3, 0.4) is 0 Å². The Hall–Kier alpha value is -1.38. The lowest BCUT2D eigenvalue weighted by Crippen LogP contribution is -2.10. The molecule has 1 rings (SSSR count). The molecule has 1 heterocycles. The maximum Gasteiger partial charge on any atom is 0.331 e. The molecule has 1 aliphatic heterocycles. The zero-order chi connectivity index (χ0) is 11.3. The first-order valence-electron chi connectivity index (χ1n) is 5.01. The minimum absolute atomic E-state index is 0.0116. The molecule has 0 atom stereocenters. The second-order valence-corrected chi connectivity index (χ2v) is 4.47. The fourth-order valence-electron chi connectivity index (χ4n) is 1.32. The molecule has 1 aliphatic rings. The minimum Gasteiger partial charge on any atom is -0.458 e. The Morgan fingerprint density at radius 3 is 2.73 bits per heavy atom. The molecule has 0 aromatic rings. The predicted octanol–water partition coefficient (Wildman–Crippen LogP) is 2.03. The molecule has 0 radical (unpaired) electrons. The smallest absolute Gasteiger partial charge is 0.331 e. The molecule has 3 nitrogen and oxygen atoms in total. The van der Waals surface area contributed by atoms with Crippen LogP contribution >= 0.6 is 0 Å². The predicted molar refractivity (Wildman–Crippen MR) is 57.3 cm³/mol. The zero-order valence-electron chi connectivity index (χ0n) is 9.16. The van der Waals surface area contributed by atoms with Crippen LogP contribution in [0.2, 0.25) is 0 Å². The van der Waals surface area contributed by atoms with E-state index >= 15 is 0 Å². The summed E-state index contributed by atoms with van der Waals surface area (Å²) < 4.78 is 4.76. The normalized spacial score (nSPS) is 16.7. The molecule has 3 heteroatoms. The van der Waals surface area contributed by atoms with Crippen molar-refractivity contribution in [3.05, 3.63) is 23.8 Å². The standard InChI is InChI=1S/C12H16O3/c1-12(2,6-7-13)5-3-4-10-8-11(14)15-9-10/h3-4,7-8H,5-6,9H2,1-2H3/b4-3+. The fourth-order valence-corrected chi connectivity index (χ4v) is 1.32. The lowest BCUT2D eigenvalue weighted by molar-refractivity contribution is -0.134. The van der Waals surface area contributed by atoms with Gasteiger partial charge in [-0.3, -0.25) is 0 Å². The maximum atomic E-state index is 10.7. The van der Waals surface area contributed by atoms with Crippen molar-refractivity contribution in [2.75, 3.05) is 6.61 Å². The second-order valence-electron chi connectivity index (χ2n) is 4.47. The Morgan fingerprint density at radius 1 is 1.47 bits per heavy atom. The van der Waals surface area contributed by atoms with Gasteiger partial charge in [-0.1, -0.05) is 26.0 Å². The number of ether oxygens (including phenoxy) is 1. The van der Waals surface area contributed by atoms with Gasteiger partial charge in [-0.05, 0) is 17.4 Å². The van der Waals surface area contributed by atoms with E-state index in [2.05, 4.69) is 0 Å². The maximum absolute atomic E-state index is 10.7. The van der Waals surface area contributed by atoms with E-state index < -0.39 is 0 Å². The molecule has 82 valence electrons. The third kappa shape index (κ3) is 4.11. The minimum atomic E-state index is -0.276. The third-order valence-corrected chi connectivity index (χ3v) is 2.32. The van der Waals surface area contributed by atoms with E-state index in [1.54, 1.807) is 0 Å². The summed E-state index contributed by atoms with van der Waals surface area (Å²) in [6.45, 7) is 4.44. The molecule has 15 heavy (non-hydrogen) atoms. The summed E-state index contributed by atoms with van der Waals surface area (Å²) in [5, 5.41) is 0. The molecule has 0 fully saturated rings. The van der Waals surface area contributed by atoms with Gasteiger partial charge in [-0.25, -0.2) is 4.79 Å². The van der Waals surface area contributed by atoms with Crippen molar-refractivity contribution in [1.29, 1.82) is 0 Å². The molecule has 0 unspecified atom stereocenters. The van der Waals surface area contributed by atoms with Gasteiger partial charge in [0, 0.05) is 12.5 Å². The fraction of sp³-hybridized carbons (Fsp3) is 0.500. The van der Waals surface area contributed by atoms with Gasteiger partial charge < -0.3 is 9.53 Å². The van der Waals surface area contributed by atoms with Crippen LogP contribution in [-0.4, -0.2) is 18.9 Å². The summed E-state index contributed by atoms with van der Waals surface area (Å²) in [4.78, 5) is 21.1. The molecule has 0 N–H and O–H groups in total. The number of hydrogen-bond donors (Lipinski definition) is 0. The van der Waals surface area contributed by atoms with Crippen LogP contribution in [0, 0.1) is 5.41 Å². The summed E-state index contributed by atoms with van der Waals surface area (Å²) in [5.41, 5.74) is 0.879. The van der Waals surface area contributed by atoms with Crippen molar-refractivity contribution in [3.8, 4) is 0 Å². The highest BCUT2D eigenvalue weighted by molar-refractivity contribution is 5.85. The van der Waals surface area contributed by atoms with Crippen LogP contribution in [0.25, 0.3) is 0 Å². The zero-order valence-corrected chi connectivity index (χ0v) is 9.16. The number of cyclic esters (lactones) is 1. The summed E-state index contributed by atoms with van der Waals surface area (Å²) in [6, 6.07) is 0. The van der Waals surface area contributed by atoms with Gasteiger partial charge in [0.15, 0.2) is 0 Å². The number of aldehydes is 1. The van der Waals surface area contributed by atoms with Gasteiger partial charge in [-0.15, -0.1) is 0 Å². The molecule has 0 aromatic carbocycles. The van der Waals surface area contributed by atoms with Crippen molar-refractivity contribution in [2.45, 2.75) is 26.7 Å². The molecule has 0 amide bonds. The second kappa shape index (κ2) is 4.91. The molecular formula is C12H16O3. The van der Waals surface area contributed by atoms with Gasteiger partial charge in [0.1, 0.15) is 12.9 Å². The van der Waals surface area contributed by atoms with Crippen LogP contribution in [0.5, 0.6) is 0 Å². The number of esters is 1. The Kier molecular flexibility index (Phi) is 3.83. The van der Waals surface area contributed by atoms with E-state index in [0.29, 0.717) is 13.0 Å². The first-order valence-corrected chi connectivity index (χ1v) is 5.01. The highest BCUT2D eigenvalue weighted by Crippen LogP contribution is 2.24. The number of hydrogen-bond acceptors (Lipinski definition) is 3. The third-order valence-electron chi connectivity index (χ3n) is 2.32. The molecular weight excluding hydrogens is 192 g/mol. The van der Waals surface area contributed by atoms with Crippen molar-refractivity contribution < 1.29 is 14.3 Å². The largest absolute Gasteiger partial charge is 0.458 e. The Labute approximate surface area is 89.8 Å². The Balaban J connectivity index is 2.42. The molecule has 0 saturated heterocycles. The van der Waals surface area contributed by atoms with Gasteiger partial charge in [0.25, 0.3) is 0 Å². The van der Waals surface area contributed by atoms with Gasteiger partial charge in [-0.2, -0.15) is 0 Å². The van der Waals surface area contributed by atoms with E-state index in [1.165, 1.54) is 6.08 Å². The van der Waals surface area contributed by atoms with Crippen molar-refractivity contribution in [1.82, 2.24) is 0 Å². The van der Waals surface area contributed by atoms with Crippen molar-refractivity contribution >= 4 is 12.3 Å². The molecule has 0 bridgehead atoms. The summed E-state index contributed by atoms with van der Waals surface area (Å²) in [5.74, 6) is -0.276. The Bertz CT molecular complexity index is 311. The van der Waals surface area contributed by atoms with E-state index in [0.717, 1.165) is 18.3 Å². The van der Waals surface area contributed by atoms with E-state index in [9.17, 15) is 9.59 Å².